The summed E-state index contributed by atoms with van der Waals surface area (Å²) in [5.41, 5.74) is 1.36. The lowest BCUT2D eigenvalue weighted by atomic mass is 10.1. The lowest BCUT2D eigenvalue weighted by Crippen LogP contribution is -2.30. The van der Waals surface area contributed by atoms with E-state index >= 15 is 0 Å². The lowest BCUT2D eigenvalue weighted by Gasteiger charge is -2.14. The molecule has 6 nitrogen and oxygen atoms in total. The Kier molecular flexibility index (Phi) is 6.60. The van der Waals surface area contributed by atoms with Crippen LogP contribution in [0.2, 0.25) is 0 Å². The average Bonchev–Trinajstić information content (AvgIpc) is 2.75. The lowest BCUT2D eigenvalue weighted by molar-refractivity contribution is -0.123. The monoisotopic (exact) mass is 403 g/mol. The maximum atomic E-state index is 12.3. The van der Waals surface area contributed by atoms with Crippen LogP contribution in [-0.4, -0.2) is 23.8 Å². The van der Waals surface area contributed by atoms with Crippen LogP contribution in [0.3, 0.4) is 0 Å². The highest BCUT2D eigenvalue weighted by molar-refractivity contribution is 5.98. The Labute approximate surface area is 174 Å². The van der Waals surface area contributed by atoms with Crippen molar-refractivity contribution in [1.29, 1.82) is 0 Å². The fourth-order valence-corrected chi connectivity index (χ4v) is 2.60. The summed E-state index contributed by atoms with van der Waals surface area (Å²) in [4.78, 5) is 35.9. The SMILES string of the molecule is CC(=O)c1ccc(NC(=O)[C@@H](C)OC(=O)c2ccc(Oc3ccccc3)cc2)cc1. The molecular weight excluding hydrogens is 382 g/mol. The number of para-hydroxylation sites is 1. The van der Waals surface area contributed by atoms with Gasteiger partial charge in [0.2, 0.25) is 0 Å². The highest BCUT2D eigenvalue weighted by Gasteiger charge is 2.19. The molecule has 0 fully saturated rings. The van der Waals surface area contributed by atoms with E-state index in [0.717, 1.165) is 0 Å². The van der Waals surface area contributed by atoms with Crippen molar-refractivity contribution in [3.63, 3.8) is 0 Å². The molecule has 0 aromatic heterocycles. The molecule has 1 N–H and O–H groups in total. The van der Waals surface area contributed by atoms with Crippen molar-refractivity contribution in [1.82, 2.24) is 0 Å². The first-order valence-corrected chi connectivity index (χ1v) is 9.38. The van der Waals surface area contributed by atoms with Crippen molar-refractivity contribution < 1.29 is 23.9 Å². The smallest absolute Gasteiger partial charge is 0.338 e. The zero-order valence-electron chi connectivity index (χ0n) is 16.6. The second kappa shape index (κ2) is 9.52. The molecule has 0 aliphatic heterocycles. The number of hydrogen-bond acceptors (Lipinski definition) is 5. The number of hydrogen-bond donors (Lipinski definition) is 1. The van der Waals surface area contributed by atoms with Gasteiger partial charge in [-0.25, -0.2) is 4.79 Å². The predicted octanol–water partition coefficient (Wildman–Crippen LogP) is 4.87. The van der Waals surface area contributed by atoms with Gasteiger partial charge in [0.05, 0.1) is 5.56 Å². The number of rotatable bonds is 7. The van der Waals surface area contributed by atoms with Gasteiger partial charge in [-0.3, -0.25) is 9.59 Å². The maximum absolute atomic E-state index is 12.3. The summed E-state index contributed by atoms with van der Waals surface area (Å²) in [6, 6.07) is 22.2. The number of nitrogens with one attached hydrogen (secondary N) is 1. The van der Waals surface area contributed by atoms with E-state index in [-0.39, 0.29) is 5.78 Å². The van der Waals surface area contributed by atoms with Gasteiger partial charge in [-0.15, -0.1) is 0 Å². The van der Waals surface area contributed by atoms with Crippen molar-refractivity contribution >= 4 is 23.3 Å². The van der Waals surface area contributed by atoms with Crippen molar-refractivity contribution in [2.75, 3.05) is 5.32 Å². The first kappa shape index (κ1) is 20.8. The molecule has 6 heteroatoms. The van der Waals surface area contributed by atoms with E-state index in [4.69, 9.17) is 9.47 Å². The molecular formula is C24H21NO5. The van der Waals surface area contributed by atoms with Gasteiger partial charge in [0.25, 0.3) is 5.91 Å². The molecule has 0 heterocycles. The van der Waals surface area contributed by atoms with Crippen LogP contribution in [-0.2, 0) is 9.53 Å². The zero-order chi connectivity index (χ0) is 21.5. The summed E-state index contributed by atoms with van der Waals surface area (Å²) in [5, 5.41) is 2.65. The van der Waals surface area contributed by atoms with Gasteiger partial charge >= 0.3 is 5.97 Å². The van der Waals surface area contributed by atoms with Gasteiger partial charge < -0.3 is 14.8 Å². The molecule has 0 bridgehead atoms. The quantitative estimate of drug-likeness (QED) is 0.450. The number of ether oxygens (including phenoxy) is 2. The Morgan fingerprint density at radius 1 is 0.767 bits per heavy atom. The molecule has 0 aliphatic rings. The summed E-state index contributed by atoms with van der Waals surface area (Å²) >= 11 is 0. The molecule has 0 radical (unpaired) electrons. The normalized spacial score (nSPS) is 11.3. The third kappa shape index (κ3) is 5.54. The molecule has 1 amide bonds. The second-order valence-electron chi connectivity index (χ2n) is 6.61. The Morgan fingerprint density at radius 2 is 1.33 bits per heavy atom. The number of anilines is 1. The number of Topliss-reactive ketones (excluding diaryl/α,β-unsaturated/α-hetero) is 1. The number of ketones is 1. The number of carbonyl (C=O) groups is 3. The van der Waals surface area contributed by atoms with Gasteiger partial charge in [0.15, 0.2) is 11.9 Å². The topological polar surface area (TPSA) is 81.7 Å². The largest absolute Gasteiger partial charge is 0.457 e. The first-order chi connectivity index (χ1) is 14.4. The summed E-state index contributed by atoms with van der Waals surface area (Å²) < 4.78 is 10.9. The van der Waals surface area contributed by atoms with E-state index in [1.165, 1.54) is 13.8 Å². The number of amides is 1. The Balaban J connectivity index is 1.55. The number of carbonyl (C=O) groups excluding carboxylic acids is 3. The summed E-state index contributed by atoms with van der Waals surface area (Å²) in [6.45, 7) is 2.96. The van der Waals surface area contributed by atoms with E-state index in [2.05, 4.69) is 5.32 Å². The van der Waals surface area contributed by atoms with Crippen LogP contribution in [0.15, 0.2) is 78.9 Å². The minimum absolute atomic E-state index is 0.0599. The third-order valence-corrected chi connectivity index (χ3v) is 4.28. The average molecular weight is 403 g/mol. The molecule has 3 rings (SSSR count). The predicted molar refractivity (Wildman–Crippen MR) is 113 cm³/mol. The van der Waals surface area contributed by atoms with Gasteiger partial charge in [0.1, 0.15) is 11.5 Å². The van der Waals surface area contributed by atoms with Crippen molar-refractivity contribution in [2.45, 2.75) is 20.0 Å². The van der Waals surface area contributed by atoms with Crippen molar-refractivity contribution in [2.24, 2.45) is 0 Å². The van der Waals surface area contributed by atoms with E-state index in [9.17, 15) is 14.4 Å². The van der Waals surface area contributed by atoms with E-state index in [1.807, 2.05) is 30.3 Å². The molecule has 0 aliphatic carbocycles. The maximum Gasteiger partial charge on any atom is 0.338 e. The van der Waals surface area contributed by atoms with Gasteiger partial charge in [-0.1, -0.05) is 18.2 Å². The number of esters is 1. The Hall–Kier alpha value is -3.93. The van der Waals surface area contributed by atoms with Crippen LogP contribution in [0.5, 0.6) is 11.5 Å². The minimum atomic E-state index is -0.995. The Morgan fingerprint density at radius 3 is 1.93 bits per heavy atom. The number of benzene rings is 3. The highest BCUT2D eigenvalue weighted by atomic mass is 16.5. The fraction of sp³-hybridized carbons (Fsp3) is 0.125. The van der Waals surface area contributed by atoms with Gasteiger partial charge in [-0.05, 0) is 74.5 Å². The molecule has 0 unspecified atom stereocenters. The molecule has 0 spiro atoms. The molecule has 0 saturated carbocycles. The third-order valence-electron chi connectivity index (χ3n) is 4.28. The molecule has 1 atom stereocenters. The molecule has 152 valence electrons. The fourth-order valence-electron chi connectivity index (χ4n) is 2.60. The second-order valence-corrected chi connectivity index (χ2v) is 6.61. The molecule has 3 aromatic rings. The zero-order valence-corrected chi connectivity index (χ0v) is 16.6. The van der Waals surface area contributed by atoms with Crippen LogP contribution in [0.4, 0.5) is 5.69 Å². The van der Waals surface area contributed by atoms with Crippen LogP contribution < -0.4 is 10.1 Å². The molecule has 30 heavy (non-hydrogen) atoms. The van der Waals surface area contributed by atoms with Crippen LogP contribution in [0, 0.1) is 0 Å². The van der Waals surface area contributed by atoms with Crippen LogP contribution >= 0.6 is 0 Å². The van der Waals surface area contributed by atoms with E-state index < -0.39 is 18.0 Å². The van der Waals surface area contributed by atoms with Gasteiger partial charge in [-0.2, -0.15) is 0 Å². The summed E-state index contributed by atoms with van der Waals surface area (Å²) in [7, 11) is 0. The first-order valence-electron chi connectivity index (χ1n) is 9.38. The summed E-state index contributed by atoms with van der Waals surface area (Å²) in [5.74, 6) is 0.126. The standard InChI is InChI=1S/C24H21NO5/c1-16(26)18-8-12-20(13-9-18)25-23(27)17(2)29-24(28)19-10-14-22(15-11-19)30-21-6-4-3-5-7-21/h3-15,17H,1-2H3,(H,25,27)/t17-/m1/s1. The van der Waals surface area contributed by atoms with Gasteiger partial charge in [0, 0.05) is 11.3 Å². The van der Waals surface area contributed by atoms with E-state index in [0.29, 0.717) is 28.3 Å². The van der Waals surface area contributed by atoms with Crippen molar-refractivity contribution in [3.8, 4) is 11.5 Å². The van der Waals surface area contributed by atoms with Crippen LogP contribution in [0.25, 0.3) is 0 Å². The van der Waals surface area contributed by atoms with Crippen LogP contribution in [0.1, 0.15) is 34.6 Å². The minimum Gasteiger partial charge on any atom is -0.457 e. The summed E-state index contributed by atoms with van der Waals surface area (Å²) in [6.07, 6.45) is -0.995. The van der Waals surface area contributed by atoms with E-state index in [1.54, 1.807) is 48.5 Å². The molecule has 0 saturated heterocycles. The van der Waals surface area contributed by atoms with Crippen molar-refractivity contribution in [3.05, 3.63) is 90.0 Å². The molecule has 3 aromatic carbocycles. The Bertz CT molecular complexity index is 1030. The highest BCUT2D eigenvalue weighted by Crippen LogP contribution is 2.21.